The number of halogens is 1. The van der Waals surface area contributed by atoms with Gasteiger partial charge in [0.15, 0.2) is 5.96 Å². The zero-order chi connectivity index (χ0) is 17.6. The molecule has 7 heteroatoms. The second-order valence-corrected chi connectivity index (χ2v) is 8.48. The fraction of sp³-hybridized carbons (Fsp3) is 0.778. The minimum absolute atomic E-state index is 0. The van der Waals surface area contributed by atoms with Crippen molar-refractivity contribution in [3.8, 4) is 0 Å². The molecular weight excluding hydrogens is 447 g/mol. The van der Waals surface area contributed by atoms with Crippen LogP contribution in [0.2, 0.25) is 0 Å². The van der Waals surface area contributed by atoms with Gasteiger partial charge in [-0.3, -0.25) is 4.99 Å². The van der Waals surface area contributed by atoms with Gasteiger partial charge in [-0.15, -0.1) is 35.3 Å². The fourth-order valence-corrected chi connectivity index (χ4v) is 3.30. The summed E-state index contributed by atoms with van der Waals surface area (Å²) in [5, 5.41) is 6.77. The maximum atomic E-state index is 5.70. The molecule has 0 saturated heterocycles. The highest BCUT2D eigenvalue weighted by molar-refractivity contribution is 14.0. The third kappa shape index (κ3) is 8.21. The number of ether oxygens (including phenoxy) is 1. The molecule has 1 fully saturated rings. The van der Waals surface area contributed by atoms with Crippen molar-refractivity contribution in [3.05, 3.63) is 16.1 Å². The molecule has 1 aliphatic rings. The largest absolute Gasteiger partial charge is 0.379 e. The van der Waals surface area contributed by atoms with E-state index in [1.54, 1.807) is 11.3 Å². The molecule has 5 nitrogen and oxygen atoms in total. The van der Waals surface area contributed by atoms with Gasteiger partial charge in [-0.25, -0.2) is 4.98 Å². The maximum Gasteiger partial charge on any atom is 0.193 e. The topological polar surface area (TPSA) is 49.8 Å². The summed E-state index contributed by atoms with van der Waals surface area (Å²) in [5.74, 6) is 1.74. The normalized spacial score (nSPS) is 15.0. The molecule has 0 aromatic carbocycles. The van der Waals surface area contributed by atoms with Gasteiger partial charge < -0.3 is 15.0 Å². The van der Waals surface area contributed by atoms with Gasteiger partial charge in [0.1, 0.15) is 0 Å². The van der Waals surface area contributed by atoms with E-state index >= 15 is 0 Å². The molecule has 0 spiro atoms. The van der Waals surface area contributed by atoms with Crippen molar-refractivity contribution in [1.29, 1.82) is 0 Å². The molecule has 1 N–H and O–H groups in total. The Balaban J connectivity index is 0.00000312. The molecule has 0 aliphatic heterocycles. The first kappa shape index (κ1) is 22.6. The first-order valence-electron chi connectivity index (χ1n) is 8.84. The first-order chi connectivity index (χ1) is 11.4. The lowest BCUT2D eigenvalue weighted by Gasteiger charge is -2.21. The third-order valence-electron chi connectivity index (χ3n) is 4.14. The Morgan fingerprint density at radius 3 is 2.72 bits per heavy atom. The van der Waals surface area contributed by atoms with Crippen LogP contribution in [0.15, 0.2) is 10.4 Å². The van der Waals surface area contributed by atoms with E-state index in [0.29, 0.717) is 0 Å². The lowest BCUT2D eigenvalue weighted by atomic mass is 9.93. The van der Waals surface area contributed by atoms with Crippen LogP contribution >= 0.6 is 35.3 Å². The summed E-state index contributed by atoms with van der Waals surface area (Å²) in [6.45, 7) is 9.98. The molecule has 1 aromatic heterocycles. The number of nitrogens with zero attached hydrogens (tertiary/aromatic N) is 3. The molecule has 1 saturated carbocycles. The summed E-state index contributed by atoms with van der Waals surface area (Å²) >= 11 is 1.74. The highest BCUT2D eigenvalue weighted by Crippen LogP contribution is 2.28. The highest BCUT2D eigenvalue weighted by Gasteiger charge is 2.21. The van der Waals surface area contributed by atoms with Gasteiger partial charge in [-0.2, -0.15) is 0 Å². The lowest BCUT2D eigenvalue weighted by molar-refractivity contribution is 0.115. The second kappa shape index (κ2) is 10.7. The molecule has 0 radical (unpaired) electrons. The number of hydrogen-bond acceptors (Lipinski definition) is 4. The van der Waals surface area contributed by atoms with Gasteiger partial charge in [0.05, 0.1) is 17.3 Å². The zero-order valence-corrected chi connectivity index (χ0v) is 19.3. The van der Waals surface area contributed by atoms with Crippen molar-refractivity contribution in [2.45, 2.75) is 45.4 Å². The Morgan fingerprint density at radius 1 is 1.44 bits per heavy atom. The van der Waals surface area contributed by atoms with Crippen molar-refractivity contribution in [3.63, 3.8) is 0 Å². The summed E-state index contributed by atoms with van der Waals surface area (Å²) in [4.78, 5) is 11.2. The maximum absolute atomic E-state index is 5.70. The van der Waals surface area contributed by atoms with E-state index in [2.05, 4.69) is 48.4 Å². The number of thiazole rings is 1. The van der Waals surface area contributed by atoms with Crippen LogP contribution in [-0.4, -0.2) is 56.2 Å². The average Bonchev–Trinajstić information content (AvgIpc) is 3.22. The van der Waals surface area contributed by atoms with Crippen molar-refractivity contribution in [2.24, 2.45) is 10.9 Å². The van der Waals surface area contributed by atoms with Crippen LogP contribution in [0.3, 0.4) is 0 Å². The van der Waals surface area contributed by atoms with Gasteiger partial charge in [0.25, 0.3) is 0 Å². The monoisotopic (exact) mass is 480 g/mol. The number of guanidine groups is 1. The van der Waals surface area contributed by atoms with E-state index in [0.717, 1.165) is 44.6 Å². The third-order valence-corrected chi connectivity index (χ3v) is 5.05. The van der Waals surface area contributed by atoms with E-state index in [4.69, 9.17) is 9.72 Å². The van der Waals surface area contributed by atoms with Gasteiger partial charge in [0.2, 0.25) is 0 Å². The molecule has 0 atom stereocenters. The van der Waals surface area contributed by atoms with Crippen LogP contribution in [0.4, 0.5) is 0 Å². The summed E-state index contributed by atoms with van der Waals surface area (Å²) < 4.78 is 5.70. The Kier molecular flexibility index (Phi) is 9.66. The molecule has 25 heavy (non-hydrogen) atoms. The predicted molar refractivity (Wildman–Crippen MR) is 117 cm³/mol. The minimum Gasteiger partial charge on any atom is -0.379 e. The van der Waals surface area contributed by atoms with Crippen molar-refractivity contribution in [2.75, 3.05) is 40.4 Å². The number of nitrogens with one attached hydrogen (secondary N) is 1. The first-order valence-corrected chi connectivity index (χ1v) is 9.72. The van der Waals surface area contributed by atoms with E-state index in [-0.39, 0.29) is 29.4 Å². The standard InChI is InChI=1S/C18H32N4OS.HI/c1-18(2,3)15-13-24-16(21-15)8-9-20-17(19-4)22(5)10-11-23-12-14-6-7-14;/h13-14H,6-12H2,1-5H3,(H,19,20);1H. The summed E-state index contributed by atoms with van der Waals surface area (Å²) in [5.41, 5.74) is 1.30. The minimum atomic E-state index is 0. The fourth-order valence-electron chi connectivity index (χ4n) is 2.28. The zero-order valence-electron chi connectivity index (χ0n) is 16.2. The molecule has 2 rings (SSSR count). The summed E-state index contributed by atoms with van der Waals surface area (Å²) in [6.07, 6.45) is 3.60. The lowest BCUT2D eigenvalue weighted by Crippen LogP contribution is -2.41. The average molecular weight is 480 g/mol. The summed E-state index contributed by atoms with van der Waals surface area (Å²) in [7, 11) is 3.88. The van der Waals surface area contributed by atoms with Crippen molar-refractivity contribution < 1.29 is 4.74 Å². The van der Waals surface area contributed by atoms with Gasteiger partial charge in [0, 0.05) is 51.0 Å². The molecule has 144 valence electrons. The highest BCUT2D eigenvalue weighted by atomic mass is 127. The number of rotatable bonds is 8. The molecule has 0 bridgehead atoms. The van der Waals surface area contributed by atoms with Crippen LogP contribution < -0.4 is 5.32 Å². The number of likely N-dealkylation sites (N-methyl/N-ethyl adjacent to an activating group) is 1. The van der Waals surface area contributed by atoms with E-state index in [1.807, 2.05) is 7.05 Å². The van der Waals surface area contributed by atoms with E-state index < -0.39 is 0 Å². The predicted octanol–water partition coefficient (Wildman–Crippen LogP) is 3.53. The summed E-state index contributed by atoms with van der Waals surface area (Å²) in [6, 6.07) is 0. The van der Waals surface area contributed by atoms with Gasteiger partial charge >= 0.3 is 0 Å². The Labute approximate surface area is 173 Å². The quantitative estimate of drug-likeness (QED) is 0.268. The molecular formula is C18H33IN4OS. The molecule has 1 aromatic rings. The molecule has 0 unspecified atom stereocenters. The van der Waals surface area contributed by atoms with Gasteiger partial charge in [-0.05, 0) is 18.8 Å². The van der Waals surface area contributed by atoms with E-state index in [1.165, 1.54) is 23.5 Å². The van der Waals surface area contributed by atoms with Gasteiger partial charge in [-0.1, -0.05) is 20.8 Å². The van der Waals surface area contributed by atoms with Crippen LogP contribution in [0.5, 0.6) is 0 Å². The SMILES string of the molecule is CN=C(NCCc1nc(C(C)(C)C)cs1)N(C)CCOCC1CC1.I. The van der Waals surface area contributed by atoms with Crippen LogP contribution in [-0.2, 0) is 16.6 Å². The molecule has 1 heterocycles. The van der Waals surface area contributed by atoms with Crippen molar-refractivity contribution in [1.82, 2.24) is 15.2 Å². The Bertz CT molecular complexity index is 537. The molecule has 1 aliphatic carbocycles. The molecule has 0 amide bonds. The number of aromatic nitrogens is 1. The van der Waals surface area contributed by atoms with Crippen LogP contribution in [0.1, 0.15) is 44.3 Å². The van der Waals surface area contributed by atoms with E-state index in [9.17, 15) is 0 Å². The Hall–Kier alpha value is -0.410. The smallest absolute Gasteiger partial charge is 0.193 e. The second-order valence-electron chi connectivity index (χ2n) is 7.54. The van der Waals surface area contributed by atoms with Crippen LogP contribution in [0.25, 0.3) is 0 Å². The number of hydrogen-bond donors (Lipinski definition) is 1. The van der Waals surface area contributed by atoms with Crippen molar-refractivity contribution >= 4 is 41.3 Å². The number of aliphatic imine (C=N–C) groups is 1. The Morgan fingerprint density at radius 2 is 2.16 bits per heavy atom. The van der Waals surface area contributed by atoms with Crippen LogP contribution in [0, 0.1) is 5.92 Å².